The maximum Gasteiger partial charge on any atom is 0.308 e. The summed E-state index contributed by atoms with van der Waals surface area (Å²) in [6.07, 6.45) is 2.89. The first-order valence-corrected chi connectivity index (χ1v) is 4.59. The smallest absolute Gasteiger partial charge is 0.308 e. The molecule has 1 aliphatic heterocycles. The van der Waals surface area contributed by atoms with Gasteiger partial charge in [0.1, 0.15) is 0 Å². The van der Waals surface area contributed by atoms with Crippen molar-refractivity contribution in [2.45, 2.75) is 32.2 Å². The van der Waals surface area contributed by atoms with Gasteiger partial charge in [-0.1, -0.05) is 13.3 Å². The SMILES string of the molecule is CCCC1C(C(=O)O)CCN1C. The van der Waals surface area contributed by atoms with E-state index in [1.54, 1.807) is 0 Å². The number of hydrogen-bond acceptors (Lipinski definition) is 2. The minimum absolute atomic E-state index is 0.130. The lowest BCUT2D eigenvalue weighted by molar-refractivity contribution is -0.142. The van der Waals surface area contributed by atoms with Gasteiger partial charge in [0.15, 0.2) is 0 Å². The van der Waals surface area contributed by atoms with Gasteiger partial charge in [-0.05, 0) is 26.4 Å². The zero-order valence-corrected chi connectivity index (χ0v) is 7.79. The molecule has 1 N–H and O–H groups in total. The molecule has 0 aromatic carbocycles. The summed E-state index contributed by atoms with van der Waals surface area (Å²) < 4.78 is 0. The van der Waals surface area contributed by atoms with E-state index in [0.29, 0.717) is 0 Å². The standard InChI is InChI=1S/C9H17NO2/c1-3-4-8-7(9(11)12)5-6-10(8)2/h7-8H,3-6H2,1-2H3,(H,11,12). The molecule has 3 heteroatoms. The summed E-state index contributed by atoms with van der Waals surface area (Å²) in [5.41, 5.74) is 0. The highest BCUT2D eigenvalue weighted by Gasteiger charge is 2.35. The second kappa shape index (κ2) is 3.90. The molecular weight excluding hydrogens is 154 g/mol. The molecule has 1 saturated heterocycles. The molecule has 1 fully saturated rings. The molecule has 0 saturated carbocycles. The number of likely N-dealkylation sites (tertiary alicyclic amines) is 1. The predicted molar refractivity (Wildman–Crippen MR) is 47.1 cm³/mol. The Kier molecular flexibility index (Phi) is 3.09. The first-order valence-electron chi connectivity index (χ1n) is 4.59. The maximum atomic E-state index is 10.8. The van der Waals surface area contributed by atoms with Gasteiger partial charge in [-0.2, -0.15) is 0 Å². The van der Waals surface area contributed by atoms with E-state index in [1.807, 2.05) is 7.05 Å². The summed E-state index contributed by atoms with van der Waals surface area (Å²) in [4.78, 5) is 13.0. The molecule has 70 valence electrons. The zero-order chi connectivity index (χ0) is 9.14. The first kappa shape index (κ1) is 9.52. The fraction of sp³-hybridized carbons (Fsp3) is 0.889. The second-order valence-corrected chi connectivity index (χ2v) is 3.57. The van der Waals surface area contributed by atoms with Crippen molar-refractivity contribution in [3.8, 4) is 0 Å². The lowest BCUT2D eigenvalue weighted by Crippen LogP contribution is -2.32. The third-order valence-electron chi connectivity index (χ3n) is 2.73. The Hall–Kier alpha value is -0.570. The third kappa shape index (κ3) is 1.78. The molecule has 1 rings (SSSR count). The molecule has 0 bridgehead atoms. The van der Waals surface area contributed by atoms with Crippen LogP contribution >= 0.6 is 0 Å². The maximum absolute atomic E-state index is 10.8. The number of carbonyl (C=O) groups is 1. The Morgan fingerprint density at radius 3 is 2.83 bits per heavy atom. The van der Waals surface area contributed by atoms with E-state index in [-0.39, 0.29) is 12.0 Å². The van der Waals surface area contributed by atoms with Gasteiger partial charge >= 0.3 is 5.97 Å². The van der Waals surface area contributed by atoms with E-state index in [0.717, 1.165) is 25.8 Å². The number of nitrogens with zero attached hydrogens (tertiary/aromatic N) is 1. The quantitative estimate of drug-likeness (QED) is 0.693. The predicted octanol–water partition coefficient (Wildman–Crippen LogP) is 1.19. The van der Waals surface area contributed by atoms with Crippen LogP contribution in [-0.4, -0.2) is 35.6 Å². The van der Waals surface area contributed by atoms with E-state index in [9.17, 15) is 4.79 Å². The van der Waals surface area contributed by atoms with Gasteiger partial charge in [0.25, 0.3) is 0 Å². The topological polar surface area (TPSA) is 40.5 Å². The van der Waals surface area contributed by atoms with E-state index in [4.69, 9.17) is 5.11 Å². The zero-order valence-electron chi connectivity index (χ0n) is 7.79. The molecular formula is C9H17NO2. The van der Waals surface area contributed by atoms with Crippen LogP contribution in [0.3, 0.4) is 0 Å². The molecule has 2 atom stereocenters. The highest BCUT2D eigenvalue weighted by Crippen LogP contribution is 2.26. The molecule has 0 amide bonds. The van der Waals surface area contributed by atoms with Gasteiger partial charge in [0, 0.05) is 6.04 Å². The monoisotopic (exact) mass is 171 g/mol. The van der Waals surface area contributed by atoms with Crippen LogP contribution in [0.1, 0.15) is 26.2 Å². The molecule has 3 nitrogen and oxygen atoms in total. The molecule has 0 aromatic rings. The lowest BCUT2D eigenvalue weighted by Gasteiger charge is -2.21. The van der Waals surface area contributed by atoms with Gasteiger partial charge in [-0.25, -0.2) is 0 Å². The number of carboxylic acid groups (broad SMARTS) is 1. The fourth-order valence-electron chi connectivity index (χ4n) is 2.01. The van der Waals surface area contributed by atoms with Crippen molar-refractivity contribution in [2.24, 2.45) is 5.92 Å². The van der Waals surface area contributed by atoms with Crippen molar-refractivity contribution in [3.05, 3.63) is 0 Å². The van der Waals surface area contributed by atoms with Gasteiger partial charge < -0.3 is 10.0 Å². The Labute approximate surface area is 73.4 Å². The number of hydrogen-bond donors (Lipinski definition) is 1. The van der Waals surface area contributed by atoms with Crippen molar-refractivity contribution in [3.63, 3.8) is 0 Å². The number of rotatable bonds is 3. The van der Waals surface area contributed by atoms with Crippen molar-refractivity contribution in [2.75, 3.05) is 13.6 Å². The molecule has 0 aromatic heterocycles. The molecule has 0 aliphatic carbocycles. The minimum atomic E-state index is -0.627. The molecule has 1 aliphatic rings. The number of carboxylic acids is 1. The summed E-state index contributed by atoms with van der Waals surface area (Å²) in [5, 5.41) is 8.90. The Bertz CT molecular complexity index is 170. The molecule has 12 heavy (non-hydrogen) atoms. The summed E-state index contributed by atoms with van der Waals surface area (Å²) in [6, 6.07) is 0.271. The molecule has 0 spiro atoms. The summed E-state index contributed by atoms with van der Waals surface area (Å²) in [6.45, 7) is 3.03. The van der Waals surface area contributed by atoms with E-state index in [2.05, 4.69) is 11.8 Å². The van der Waals surface area contributed by atoms with E-state index >= 15 is 0 Å². The fourth-order valence-corrected chi connectivity index (χ4v) is 2.01. The van der Waals surface area contributed by atoms with Crippen molar-refractivity contribution in [1.82, 2.24) is 4.90 Å². The van der Waals surface area contributed by atoms with Gasteiger partial charge in [0.05, 0.1) is 5.92 Å². The first-order chi connectivity index (χ1) is 5.66. The molecule has 1 heterocycles. The van der Waals surface area contributed by atoms with Crippen molar-refractivity contribution in [1.29, 1.82) is 0 Å². The average Bonchev–Trinajstić information content (AvgIpc) is 2.34. The Morgan fingerprint density at radius 2 is 2.33 bits per heavy atom. The average molecular weight is 171 g/mol. The van der Waals surface area contributed by atoms with Crippen LogP contribution in [0.5, 0.6) is 0 Å². The summed E-state index contributed by atoms with van der Waals surface area (Å²) in [7, 11) is 2.02. The van der Waals surface area contributed by atoms with Crippen LogP contribution < -0.4 is 0 Å². The van der Waals surface area contributed by atoms with Crippen LogP contribution in [0.4, 0.5) is 0 Å². The molecule has 0 radical (unpaired) electrons. The van der Waals surface area contributed by atoms with Crippen molar-refractivity contribution >= 4 is 5.97 Å². The van der Waals surface area contributed by atoms with Crippen LogP contribution in [0, 0.1) is 5.92 Å². The molecule has 2 unspecified atom stereocenters. The van der Waals surface area contributed by atoms with Gasteiger partial charge in [-0.15, -0.1) is 0 Å². The highest BCUT2D eigenvalue weighted by molar-refractivity contribution is 5.71. The largest absolute Gasteiger partial charge is 0.481 e. The highest BCUT2D eigenvalue weighted by atomic mass is 16.4. The summed E-state index contributed by atoms with van der Waals surface area (Å²) >= 11 is 0. The van der Waals surface area contributed by atoms with Crippen LogP contribution in [0.25, 0.3) is 0 Å². The van der Waals surface area contributed by atoms with Crippen LogP contribution in [0.15, 0.2) is 0 Å². The van der Waals surface area contributed by atoms with Crippen molar-refractivity contribution < 1.29 is 9.90 Å². The van der Waals surface area contributed by atoms with Crippen LogP contribution in [0.2, 0.25) is 0 Å². The third-order valence-corrected chi connectivity index (χ3v) is 2.73. The minimum Gasteiger partial charge on any atom is -0.481 e. The van der Waals surface area contributed by atoms with Crippen LogP contribution in [-0.2, 0) is 4.79 Å². The normalized spacial score (nSPS) is 30.8. The Balaban J connectivity index is 2.57. The van der Waals surface area contributed by atoms with E-state index < -0.39 is 5.97 Å². The lowest BCUT2D eigenvalue weighted by atomic mass is 9.97. The second-order valence-electron chi connectivity index (χ2n) is 3.57. The number of aliphatic carboxylic acids is 1. The summed E-state index contributed by atoms with van der Waals surface area (Å²) in [5.74, 6) is -0.757. The van der Waals surface area contributed by atoms with Gasteiger partial charge in [-0.3, -0.25) is 4.79 Å². The van der Waals surface area contributed by atoms with Gasteiger partial charge in [0.2, 0.25) is 0 Å². The van der Waals surface area contributed by atoms with E-state index in [1.165, 1.54) is 0 Å². The Morgan fingerprint density at radius 1 is 1.67 bits per heavy atom.